The number of carbonyl (C=O) groups excluding carboxylic acids is 1. The van der Waals surface area contributed by atoms with Crippen molar-refractivity contribution in [1.82, 2.24) is 14.9 Å². The molecule has 1 aromatic heterocycles. The zero-order valence-corrected chi connectivity index (χ0v) is 11.3. The highest BCUT2D eigenvalue weighted by atomic mass is 16.2. The number of fused-ring (bicyclic) bond motifs is 1. The van der Waals surface area contributed by atoms with Gasteiger partial charge in [0.1, 0.15) is 0 Å². The minimum Gasteiger partial charge on any atom is -0.368 e. The number of hydrogen-bond acceptors (Lipinski definition) is 4. The SMILES string of the molecule is Cc1cccc(C(=O)N2CCc3cnc(N)nc3C2)c1. The number of aromatic nitrogens is 2. The van der Waals surface area contributed by atoms with Crippen molar-refractivity contribution in [2.75, 3.05) is 12.3 Å². The first-order valence-corrected chi connectivity index (χ1v) is 6.60. The fourth-order valence-electron chi connectivity index (χ4n) is 2.45. The first-order chi connectivity index (χ1) is 9.63. The first-order valence-electron chi connectivity index (χ1n) is 6.60. The topological polar surface area (TPSA) is 72.1 Å². The van der Waals surface area contributed by atoms with Gasteiger partial charge in [0.2, 0.25) is 5.95 Å². The summed E-state index contributed by atoms with van der Waals surface area (Å²) in [5.74, 6) is 0.296. The van der Waals surface area contributed by atoms with E-state index in [1.54, 1.807) is 6.20 Å². The zero-order valence-electron chi connectivity index (χ0n) is 11.3. The van der Waals surface area contributed by atoms with Crippen LogP contribution in [-0.2, 0) is 13.0 Å². The van der Waals surface area contributed by atoms with Crippen LogP contribution in [0.15, 0.2) is 30.5 Å². The van der Waals surface area contributed by atoms with Crippen LogP contribution in [0.25, 0.3) is 0 Å². The summed E-state index contributed by atoms with van der Waals surface area (Å²) in [6.07, 6.45) is 2.53. The van der Waals surface area contributed by atoms with Gasteiger partial charge in [-0.1, -0.05) is 17.7 Å². The summed E-state index contributed by atoms with van der Waals surface area (Å²) >= 11 is 0. The Morgan fingerprint density at radius 3 is 3.05 bits per heavy atom. The van der Waals surface area contributed by atoms with Gasteiger partial charge < -0.3 is 10.6 Å². The molecule has 0 fully saturated rings. The number of rotatable bonds is 1. The van der Waals surface area contributed by atoms with Crippen molar-refractivity contribution in [3.8, 4) is 0 Å². The molecule has 20 heavy (non-hydrogen) atoms. The Kier molecular flexibility index (Phi) is 3.10. The van der Waals surface area contributed by atoms with Crippen LogP contribution in [0.1, 0.15) is 27.2 Å². The summed E-state index contributed by atoms with van der Waals surface area (Å²) in [5.41, 5.74) is 9.34. The quantitative estimate of drug-likeness (QED) is 0.852. The Balaban J connectivity index is 1.84. The lowest BCUT2D eigenvalue weighted by Crippen LogP contribution is -2.36. The average Bonchev–Trinajstić information content (AvgIpc) is 2.45. The second-order valence-electron chi connectivity index (χ2n) is 5.05. The molecule has 1 amide bonds. The molecule has 5 nitrogen and oxygen atoms in total. The molecule has 0 atom stereocenters. The maximum Gasteiger partial charge on any atom is 0.254 e. The van der Waals surface area contributed by atoms with Gasteiger partial charge in [-0.05, 0) is 31.0 Å². The maximum atomic E-state index is 12.5. The Morgan fingerprint density at radius 1 is 1.40 bits per heavy atom. The molecule has 1 aliphatic rings. The molecule has 5 heteroatoms. The lowest BCUT2D eigenvalue weighted by molar-refractivity contribution is 0.0731. The number of amides is 1. The smallest absolute Gasteiger partial charge is 0.254 e. The molecule has 0 saturated carbocycles. The Hall–Kier alpha value is -2.43. The second kappa shape index (κ2) is 4.92. The van der Waals surface area contributed by atoms with Gasteiger partial charge in [-0.2, -0.15) is 0 Å². The molecule has 0 radical (unpaired) electrons. The summed E-state index contributed by atoms with van der Waals surface area (Å²) in [5, 5.41) is 0. The van der Waals surface area contributed by atoms with E-state index in [1.165, 1.54) is 0 Å². The number of hydrogen-bond donors (Lipinski definition) is 1. The van der Waals surface area contributed by atoms with Crippen LogP contribution in [0.3, 0.4) is 0 Å². The fraction of sp³-hybridized carbons (Fsp3) is 0.267. The largest absolute Gasteiger partial charge is 0.368 e. The van der Waals surface area contributed by atoms with Crippen molar-refractivity contribution >= 4 is 11.9 Å². The molecule has 0 unspecified atom stereocenters. The molecule has 0 bridgehead atoms. The molecule has 1 aliphatic heterocycles. The maximum absolute atomic E-state index is 12.5. The van der Waals surface area contributed by atoms with Crippen LogP contribution in [0.4, 0.5) is 5.95 Å². The summed E-state index contributed by atoms with van der Waals surface area (Å²) in [6.45, 7) is 3.16. The minimum absolute atomic E-state index is 0.0385. The Labute approximate surface area is 117 Å². The molecular weight excluding hydrogens is 252 g/mol. The van der Waals surface area contributed by atoms with Crippen molar-refractivity contribution < 1.29 is 4.79 Å². The number of benzene rings is 1. The highest BCUT2D eigenvalue weighted by Gasteiger charge is 2.23. The first kappa shape index (κ1) is 12.6. The van der Waals surface area contributed by atoms with Gasteiger partial charge >= 0.3 is 0 Å². The van der Waals surface area contributed by atoms with E-state index in [9.17, 15) is 4.79 Å². The van der Waals surface area contributed by atoms with Gasteiger partial charge in [0.25, 0.3) is 5.91 Å². The predicted octanol–water partition coefficient (Wildman–Crippen LogP) is 1.57. The number of nitrogens with two attached hydrogens (primary N) is 1. The number of carbonyl (C=O) groups is 1. The third kappa shape index (κ3) is 2.34. The van der Waals surface area contributed by atoms with Gasteiger partial charge in [0, 0.05) is 18.3 Å². The monoisotopic (exact) mass is 268 g/mol. The Bertz CT molecular complexity index is 669. The summed E-state index contributed by atoms with van der Waals surface area (Å²) in [4.78, 5) is 22.5. The van der Waals surface area contributed by atoms with Gasteiger partial charge in [-0.15, -0.1) is 0 Å². The highest BCUT2D eigenvalue weighted by Crippen LogP contribution is 2.19. The summed E-state index contributed by atoms with van der Waals surface area (Å²) < 4.78 is 0. The fourth-order valence-corrected chi connectivity index (χ4v) is 2.45. The standard InChI is InChI=1S/C15H16N4O/c1-10-3-2-4-11(7-10)14(20)19-6-5-12-8-17-15(16)18-13(12)9-19/h2-4,7-8H,5-6,9H2,1H3,(H2,16,17,18). The van der Waals surface area contributed by atoms with Gasteiger partial charge in [0.05, 0.1) is 12.2 Å². The van der Waals surface area contributed by atoms with Crippen molar-refractivity contribution in [2.45, 2.75) is 19.9 Å². The molecule has 2 heterocycles. The predicted molar refractivity (Wildman–Crippen MR) is 76.1 cm³/mol. The van der Waals surface area contributed by atoms with Gasteiger partial charge in [-0.3, -0.25) is 4.79 Å². The van der Waals surface area contributed by atoms with Crippen molar-refractivity contribution in [3.05, 3.63) is 52.8 Å². The highest BCUT2D eigenvalue weighted by molar-refractivity contribution is 5.94. The lowest BCUT2D eigenvalue weighted by atomic mass is 10.0. The molecule has 102 valence electrons. The van der Waals surface area contributed by atoms with E-state index in [4.69, 9.17) is 5.73 Å². The second-order valence-corrected chi connectivity index (χ2v) is 5.05. The Morgan fingerprint density at radius 2 is 2.25 bits per heavy atom. The lowest BCUT2D eigenvalue weighted by Gasteiger charge is -2.28. The van der Waals surface area contributed by atoms with E-state index in [1.807, 2.05) is 36.1 Å². The van der Waals surface area contributed by atoms with E-state index in [0.717, 1.165) is 28.8 Å². The van der Waals surface area contributed by atoms with Crippen molar-refractivity contribution in [1.29, 1.82) is 0 Å². The third-order valence-corrected chi connectivity index (χ3v) is 3.52. The van der Waals surface area contributed by atoms with Crippen LogP contribution in [-0.4, -0.2) is 27.3 Å². The van der Waals surface area contributed by atoms with Gasteiger partial charge in [-0.25, -0.2) is 9.97 Å². The number of anilines is 1. The number of aryl methyl sites for hydroxylation is 1. The molecule has 0 spiro atoms. The van der Waals surface area contributed by atoms with Crippen LogP contribution < -0.4 is 5.73 Å². The van der Waals surface area contributed by atoms with Crippen LogP contribution in [0.5, 0.6) is 0 Å². The molecule has 2 aromatic rings. The number of nitrogen functional groups attached to an aromatic ring is 1. The van der Waals surface area contributed by atoms with Crippen molar-refractivity contribution in [3.63, 3.8) is 0 Å². The summed E-state index contributed by atoms with van der Waals surface area (Å²) in [7, 11) is 0. The average molecular weight is 268 g/mol. The molecule has 2 N–H and O–H groups in total. The van der Waals surface area contributed by atoms with Crippen LogP contribution in [0, 0.1) is 6.92 Å². The zero-order chi connectivity index (χ0) is 14.1. The number of nitrogens with zero attached hydrogens (tertiary/aromatic N) is 3. The van der Waals surface area contributed by atoms with E-state index in [0.29, 0.717) is 13.1 Å². The van der Waals surface area contributed by atoms with E-state index in [-0.39, 0.29) is 11.9 Å². The van der Waals surface area contributed by atoms with Gasteiger partial charge in [0.15, 0.2) is 0 Å². The van der Waals surface area contributed by atoms with Crippen LogP contribution in [0.2, 0.25) is 0 Å². The van der Waals surface area contributed by atoms with E-state index >= 15 is 0 Å². The summed E-state index contributed by atoms with van der Waals surface area (Å²) in [6, 6.07) is 7.64. The minimum atomic E-state index is 0.0385. The van der Waals surface area contributed by atoms with E-state index in [2.05, 4.69) is 9.97 Å². The molecule has 0 saturated heterocycles. The molecule has 1 aromatic carbocycles. The van der Waals surface area contributed by atoms with E-state index < -0.39 is 0 Å². The normalized spacial score (nSPS) is 13.9. The van der Waals surface area contributed by atoms with Crippen molar-refractivity contribution in [2.24, 2.45) is 0 Å². The third-order valence-electron chi connectivity index (χ3n) is 3.52. The molecular formula is C15H16N4O. The van der Waals surface area contributed by atoms with Crippen LogP contribution >= 0.6 is 0 Å². The molecule has 3 rings (SSSR count). The molecule has 0 aliphatic carbocycles.